The summed E-state index contributed by atoms with van der Waals surface area (Å²) in [5.41, 5.74) is 0.807. The van der Waals surface area contributed by atoms with Crippen LogP contribution in [0, 0.1) is 0 Å². The molecule has 1 aromatic heterocycles. The number of rotatable bonds is 2. The first-order valence-electron chi connectivity index (χ1n) is 9.71. The van der Waals surface area contributed by atoms with Gasteiger partial charge >= 0.3 is 16.5 Å². The Hall–Kier alpha value is -1.73. The number of pyridine rings is 1. The third-order valence-corrected chi connectivity index (χ3v) is 7.81. The summed E-state index contributed by atoms with van der Waals surface area (Å²) in [5, 5.41) is 15.5. The molecule has 0 aliphatic heterocycles. The number of nitrogens with zero attached hydrogens (tertiary/aromatic N) is 1. The van der Waals surface area contributed by atoms with Crippen molar-refractivity contribution in [2.45, 2.75) is 52.1 Å². The molecule has 0 aliphatic rings. The fourth-order valence-corrected chi connectivity index (χ4v) is 6.37. The maximum absolute atomic E-state index is 13.1. The van der Waals surface area contributed by atoms with Gasteiger partial charge in [0.1, 0.15) is 0 Å². The summed E-state index contributed by atoms with van der Waals surface area (Å²) < 4.78 is 0. The molecule has 1 heterocycles. The standard InChI is InChI=1S/C20H27OP.C5H5N.Ni.H2O/c1-19(2,3)16-13-10-14-17(18(16)21)22(20(4,5)6)15-11-8-7-9-12-15;1-2-4-6-5-3-1;;/h7-14,21H,1-6H3;1-5H;;1H2/q;;+2;/p-1. The van der Waals surface area contributed by atoms with Gasteiger partial charge in [-0.05, 0) is 62.1 Å². The Morgan fingerprint density at radius 1 is 0.733 bits per heavy atom. The van der Waals surface area contributed by atoms with Gasteiger partial charge in [0.25, 0.3) is 0 Å². The van der Waals surface area contributed by atoms with Crippen molar-refractivity contribution in [3.63, 3.8) is 0 Å². The SMILES string of the molecule is CC(C)(C)c1cccc([PH+](c2ccccc2)C(C)(C)C)c1[O-].[Ni+2].[OH-].c1ccncc1. The van der Waals surface area contributed by atoms with E-state index in [4.69, 9.17) is 0 Å². The van der Waals surface area contributed by atoms with E-state index in [-0.39, 0.29) is 38.3 Å². The molecule has 164 valence electrons. The Labute approximate surface area is 193 Å². The molecule has 30 heavy (non-hydrogen) atoms. The Kier molecular flexibility index (Phi) is 11.5. The predicted molar refractivity (Wildman–Crippen MR) is 125 cm³/mol. The quantitative estimate of drug-likeness (QED) is 0.395. The Bertz CT molecular complexity index is 833. The van der Waals surface area contributed by atoms with Crippen molar-refractivity contribution in [1.29, 1.82) is 0 Å². The normalized spacial score (nSPS) is 11.8. The number of benzene rings is 2. The summed E-state index contributed by atoms with van der Waals surface area (Å²) >= 11 is 0. The number of hydrogen-bond donors (Lipinski definition) is 0. The summed E-state index contributed by atoms with van der Waals surface area (Å²) in [6, 6.07) is 22.3. The van der Waals surface area contributed by atoms with Crippen LogP contribution in [-0.4, -0.2) is 15.6 Å². The number of hydrogen-bond acceptors (Lipinski definition) is 3. The molecule has 3 rings (SSSR count). The van der Waals surface area contributed by atoms with Gasteiger partial charge in [-0.3, -0.25) is 4.98 Å². The van der Waals surface area contributed by atoms with Crippen LogP contribution in [0.1, 0.15) is 47.1 Å². The second-order valence-electron chi connectivity index (χ2n) is 8.95. The summed E-state index contributed by atoms with van der Waals surface area (Å²) in [5.74, 6) is 0.239. The predicted octanol–water partition coefficient (Wildman–Crippen LogP) is 4.92. The third-order valence-electron chi connectivity index (χ3n) is 4.47. The van der Waals surface area contributed by atoms with Crippen molar-refractivity contribution in [1.82, 2.24) is 4.98 Å². The van der Waals surface area contributed by atoms with Crippen LogP contribution >= 0.6 is 7.92 Å². The fraction of sp³-hybridized carbons (Fsp3) is 0.320. The Morgan fingerprint density at radius 3 is 1.67 bits per heavy atom. The number of aromatic nitrogens is 1. The van der Waals surface area contributed by atoms with Crippen molar-refractivity contribution >= 4 is 18.5 Å². The van der Waals surface area contributed by atoms with Crippen LogP contribution in [0.4, 0.5) is 0 Å². The Morgan fingerprint density at radius 2 is 1.27 bits per heavy atom. The Balaban J connectivity index is 0.000000906. The molecule has 3 aromatic rings. The van der Waals surface area contributed by atoms with Crippen molar-refractivity contribution in [2.75, 3.05) is 0 Å². The zero-order valence-electron chi connectivity index (χ0n) is 18.6. The van der Waals surface area contributed by atoms with Crippen LogP contribution in [0.5, 0.6) is 5.75 Å². The summed E-state index contributed by atoms with van der Waals surface area (Å²) in [6.07, 6.45) is 3.50. The third kappa shape index (κ3) is 7.84. The van der Waals surface area contributed by atoms with Gasteiger partial charge in [0.2, 0.25) is 0 Å². The minimum atomic E-state index is -1.14. The molecular formula is C25H33NNiO2P+. The molecule has 0 radical (unpaired) electrons. The van der Waals surface area contributed by atoms with Gasteiger partial charge in [0, 0.05) is 12.4 Å². The van der Waals surface area contributed by atoms with Crippen LogP contribution in [0.2, 0.25) is 0 Å². The summed E-state index contributed by atoms with van der Waals surface area (Å²) in [7, 11) is -1.14. The molecule has 0 spiro atoms. The van der Waals surface area contributed by atoms with Gasteiger partial charge in [-0.25, -0.2) is 0 Å². The van der Waals surface area contributed by atoms with E-state index >= 15 is 0 Å². The van der Waals surface area contributed by atoms with Crippen LogP contribution in [0.15, 0.2) is 79.1 Å². The van der Waals surface area contributed by atoms with Crippen molar-refractivity contribution in [3.05, 3.63) is 84.7 Å². The summed E-state index contributed by atoms with van der Waals surface area (Å²) in [6.45, 7) is 13.1. The molecule has 2 aromatic carbocycles. The molecule has 0 fully saturated rings. The van der Waals surface area contributed by atoms with Crippen molar-refractivity contribution in [2.24, 2.45) is 0 Å². The van der Waals surface area contributed by atoms with Gasteiger partial charge in [-0.15, -0.1) is 0 Å². The summed E-state index contributed by atoms with van der Waals surface area (Å²) in [4.78, 5) is 3.78. The van der Waals surface area contributed by atoms with E-state index in [1.54, 1.807) is 12.4 Å². The minimum Gasteiger partial charge on any atom is -0.870 e. The van der Waals surface area contributed by atoms with Gasteiger partial charge < -0.3 is 10.6 Å². The van der Waals surface area contributed by atoms with Crippen LogP contribution in [-0.2, 0) is 21.9 Å². The van der Waals surface area contributed by atoms with Crippen molar-refractivity contribution < 1.29 is 27.1 Å². The molecule has 0 saturated carbocycles. The molecule has 1 atom stereocenters. The van der Waals surface area contributed by atoms with Gasteiger partial charge in [0.05, 0.1) is 23.7 Å². The average molecular weight is 469 g/mol. The smallest absolute Gasteiger partial charge is 0.870 e. The zero-order valence-corrected chi connectivity index (χ0v) is 20.6. The molecular weight excluding hydrogens is 436 g/mol. The van der Waals surface area contributed by atoms with Gasteiger partial charge in [-0.2, -0.15) is 0 Å². The molecule has 1 unspecified atom stereocenters. The van der Waals surface area contributed by atoms with Crippen LogP contribution < -0.4 is 15.7 Å². The first-order valence-corrected chi connectivity index (χ1v) is 11.2. The molecule has 5 heteroatoms. The van der Waals surface area contributed by atoms with E-state index in [0.717, 1.165) is 10.9 Å². The second kappa shape index (κ2) is 12.2. The minimum absolute atomic E-state index is 0. The first kappa shape index (κ1) is 28.3. The molecule has 3 nitrogen and oxygen atoms in total. The zero-order chi connectivity index (χ0) is 20.8. The fourth-order valence-electron chi connectivity index (χ4n) is 3.23. The van der Waals surface area contributed by atoms with E-state index in [2.05, 4.69) is 76.9 Å². The van der Waals surface area contributed by atoms with Crippen LogP contribution in [0.25, 0.3) is 0 Å². The van der Waals surface area contributed by atoms with E-state index in [1.165, 1.54) is 5.30 Å². The number of para-hydroxylation sites is 1. The maximum atomic E-state index is 13.1. The van der Waals surface area contributed by atoms with Gasteiger partial charge in [-0.1, -0.05) is 62.9 Å². The van der Waals surface area contributed by atoms with Crippen molar-refractivity contribution in [3.8, 4) is 5.75 Å². The van der Waals surface area contributed by atoms with Crippen LogP contribution in [0.3, 0.4) is 0 Å². The molecule has 0 bridgehead atoms. The van der Waals surface area contributed by atoms with E-state index in [9.17, 15) is 5.11 Å². The average Bonchev–Trinajstić information content (AvgIpc) is 2.64. The largest absolute Gasteiger partial charge is 2.00 e. The van der Waals surface area contributed by atoms with E-state index in [0.29, 0.717) is 0 Å². The second-order valence-corrected chi connectivity index (χ2v) is 12.3. The molecule has 0 aliphatic carbocycles. The monoisotopic (exact) mass is 468 g/mol. The maximum Gasteiger partial charge on any atom is 2.00 e. The molecule has 0 saturated heterocycles. The topological polar surface area (TPSA) is 66.0 Å². The van der Waals surface area contributed by atoms with Gasteiger partial charge in [0.15, 0.2) is 0 Å². The first-order chi connectivity index (χ1) is 13.1. The van der Waals surface area contributed by atoms with E-state index in [1.807, 2.05) is 36.4 Å². The molecule has 0 amide bonds. The molecule has 1 N–H and O–H groups in total. The van der Waals surface area contributed by atoms with E-state index < -0.39 is 7.92 Å².